The Morgan fingerprint density at radius 1 is 1.40 bits per heavy atom. The Labute approximate surface area is 120 Å². The molecule has 0 aliphatic heterocycles. The van der Waals surface area contributed by atoms with E-state index in [0.29, 0.717) is 0 Å². The van der Waals surface area contributed by atoms with Crippen LogP contribution in [0.5, 0.6) is 5.75 Å². The lowest BCUT2D eigenvalue weighted by molar-refractivity contribution is -0.0984. The van der Waals surface area contributed by atoms with Crippen molar-refractivity contribution in [2.24, 2.45) is 5.84 Å². The topological polar surface area (TPSA) is 69.4 Å². The average Bonchev–Trinajstić information content (AvgIpc) is 2.40. The summed E-state index contributed by atoms with van der Waals surface area (Å²) < 4.78 is 11.2. The van der Waals surface area contributed by atoms with Crippen LogP contribution in [0.4, 0.5) is 0 Å². The standard InChI is InChI=1S/C15H25N3O2/c1-10-9-17-12(11(2)14(10)19-3)8-13(18-16)15(20-4)6-5-7-15/h9,13,18H,5-8,16H2,1-4H3. The average molecular weight is 279 g/mol. The number of nitrogens with two attached hydrogens (primary N) is 1. The van der Waals surface area contributed by atoms with Gasteiger partial charge in [0.2, 0.25) is 0 Å². The minimum absolute atomic E-state index is 0.0693. The van der Waals surface area contributed by atoms with Gasteiger partial charge in [0.15, 0.2) is 0 Å². The molecule has 112 valence electrons. The molecule has 20 heavy (non-hydrogen) atoms. The number of aromatic nitrogens is 1. The number of rotatable bonds is 6. The zero-order valence-corrected chi connectivity index (χ0v) is 12.8. The van der Waals surface area contributed by atoms with Gasteiger partial charge < -0.3 is 9.47 Å². The fourth-order valence-electron chi connectivity index (χ4n) is 3.09. The molecule has 5 nitrogen and oxygen atoms in total. The lowest BCUT2D eigenvalue weighted by Gasteiger charge is -2.46. The van der Waals surface area contributed by atoms with Gasteiger partial charge in [0.1, 0.15) is 5.75 Å². The highest BCUT2D eigenvalue weighted by Gasteiger charge is 2.44. The Balaban J connectivity index is 2.24. The quantitative estimate of drug-likeness (QED) is 0.612. The third kappa shape index (κ3) is 2.53. The van der Waals surface area contributed by atoms with Crippen LogP contribution in [-0.2, 0) is 11.2 Å². The molecule has 1 aromatic heterocycles. The summed E-state index contributed by atoms with van der Waals surface area (Å²) in [6.07, 6.45) is 5.87. The number of hydrazine groups is 1. The normalized spacial score (nSPS) is 18.4. The number of pyridine rings is 1. The van der Waals surface area contributed by atoms with E-state index in [-0.39, 0.29) is 11.6 Å². The highest BCUT2D eigenvalue weighted by atomic mass is 16.5. The first-order valence-corrected chi connectivity index (χ1v) is 7.08. The molecular weight excluding hydrogens is 254 g/mol. The first kappa shape index (κ1) is 15.2. The van der Waals surface area contributed by atoms with Crippen molar-refractivity contribution in [1.82, 2.24) is 10.4 Å². The van der Waals surface area contributed by atoms with Crippen molar-refractivity contribution in [2.45, 2.75) is 51.2 Å². The highest BCUT2D eigenvalue weighted by Crippen LogP contribution is 2.39. The summed E-state index contributed by atoms with van der Waals surface area (Å²) in [5.41, 5.74) is 5.91. The van der Waals surface area contributed by atoms with E-state index in [1.54, 1.807) is 14.2 Å². The number of nitrogens with one attached hydrogen (secondary N) is 1. The van der Waals surface area contributed by atoms with Crippen molar-refractivity contribution >= 4 is 0 Å². The Morgan fingerprint density at radius 2 is 2.10 bits per heavy atom. The first-order valence-electron chi connectivity index (χ1n) is 7.08. The summed E-state index contributed by atoms with van der Waals surface area (Å²) in [5, 5.41) is 0. The summed E-state index contributed by atoms with van der Waals surface area (Å²) in [5.74, 6) is 6.66. The van der Waals surface area contributed by atoms with Crippen LogP contribution in [0.2, 0.25) is 0 Å². The molecule has 1 heterocycles. The molecule has 2 rings (SSSR count). The van der Waals surface area contributed by atoms with Gasteiger partial charge in [-0.3, -0.25) is 16.3 Å². The van der Waals surface area contributed by atoms with Gasteiger partial charge in [-0.15, -0.1) is 0 Å². The number of nitrogens with zero attached hydrogens (tertiary/aromatic N) is 1. The lowest BCUT2D eigenvalue weighted by atomic mass is 9.73. The molecule has 0 amide bonds. The first-order chi connectivity index (χ1) is 9.57. The number of methoxy groups -OCH3 is 2. The van der Waals surface area contributed by atoms with E-state index >= 15 is 0 Å². The molecular formula is C15H25N3O2. The predicted molar refractivity (Wildman–Crippen MR) is 78.7 cm³/mol. The Kier molecular flexibility index (Phi) is 4.62. The van der Waals surface area contributed by atoms with Crippen LogP contribution in [0, 0.1) is 13.8 Å². The largest absolute Gasteiger partial charge is 0.496 e. The Hall–Kier alpha value is -1.17. The molecule has 1 unspecified atom stereocenters. The van der Waals surface area contributed by atoms with Crippen LogP contribution in [0.15, 0.2) is 6.20 Å². The lowest BCUT2D eigenvalue weighted by Crippen LogP contribution is -2.59. The molecule has 1 aliphatic rings. The minimum Gasteiger partial charge on any atom is -0.496 e. The monoisotopic (exact) mass is 279 g/mol. The van der Waals surface area contributed by atoms with Gasteiger partial charge >= 0.3 is 0 Å². The molecule has 0 saturated heterocycles. The molecule has 1 fully saturated rings. The molecule has 1 aliphatic carbocycles. The summed E-state index contributed by atoms with van der Waals surface area (Å²) in [7, 11) is 3.46. The van der Waals surface area contributed by atoms with Crippen molar-refractivity contribution in [1.29, 1.82) is 0 Å². The van der Waals surface area contributed by atoms with E-state index in [9.17, 15) is 0 Å². The maximum absolute atomic E-state index is 5.75. The summed E-state index contributed by atoms with van der Waals surface area (Å²) in [4.78, 5) is 4.55. The van der Waals surface area contributed by atoms with Crippen molar-refractivity contribution in [3.8, 4) is 5.75 Å². The fourth-order valence-corrected chi connectivity index (χ4v) is 3.09. The molecule has 3 N–H and O–H groups in total. The molecule has 0 bridgehead atoms. The number of ether oxygens (including phenoxy) is 2. The summed E-state index contributed by atoms with van der Waals surface area (Å²) in [6.45, 7) is 4.05. The number of aryl methyl sites for hydroxylation is 1. The van der Waals surface area contributed by atoms with Crippen LogP contribution in [0.25, 0.3) is 0 Å². The second kappa shape index (κ2) is 6.08. The maximum Gasteiger partial charge on any atom is 0.128 e. The Morgan fingerprint density at radius 3 is 2.55 bits per heavy atom. The predicted octanol–water partition coefficient (Wildman–Crippen LogP) is 1.65. The minimum atomic E-state index is -0.152. The van der Waals surface area contributed by atoms with Gasteiger partial charge in [-0.25, -0.2) is 0 Å². The van der Waals surface area contributed by atoms with Gasteiger partial charge in [-0.2, -0.15) is 0 Å². The number of hydrogen-bond donors (Lipinski definition) is 2. The van der Waals surface area contributed by atoms with Crippen molar-refractivity contribution in [3.05, 3.63) is 23.0 Å². The number of hydrogen-bond acceptors (Lipinski definition) is 5. The highest BCUT2D eigenvalue weighted by molar-refractivity contribution is 5.41. The second-order valence-corrected chi connectivity index (χ2v) is 5.59. The van der Waals surface area contributed by atoms with Crippen LogP contribution < -0.4 is 16.0 Å². The van der Waals surface area contributed by atoms with Crippen LogP contribution in [-0.4, -0.2) is 30.8 Å². The van der Waals surface area contributed by atoms with E-state index in [0.717, 1.165) is 41.8 Å². The maximum atomic E-state index is 5.75. The molecule has 5 heteroatoms. The molecule has 0 spiro atoms. The fraction of sp³-hybridized carbons (Fsp3) is 0.667. The van der Waals surface area contributed by atoms with Gasteiger partial charge in [-0.05, 0) is 33.1 Å². The van der Waals surface area contributed by atoms with E-state index in [4.69, 9.17) is 15.3 Å². The summed E-state index contributed by atoms with van der Waals surface area (Å²) >= 11 is 0. The third-order valence-corrected chi connectivity index (χ3v) is 4.59. The third-order valence-electron chi connectivity index (χ3n) is 4.59. The zero-order valence-electron chi connectivity index (χ0n) is 12.8. The van der Waals surface area contributed by atoms with Crippen LogP contribution in [0.3, 0.4) is 0 Å². The van der Waals surface area contributed by atoms with Crippen molar-refractivity contribution < 1.29 is 9.47 Å². The molecule has 0 radical (unpaired) electrons. The van der Waals surface area contributed by atoms with Gasteiger partial charge in [-0.1, -0.05) is 0 Å². The molecule has 1 aromatic rings. The van der Waals surface area contributed by atoms with E-state index in [1.165, 1.54) is 6.42 Å². The van der Waals surface area contributed by atoms with E-state index in [2.05, 4.69) is 10.4 Å². The molecule has 0 aromatic carbocycles. The van der Waals surface area contributed by atoms with E-state index in [1.807, 2.05) is 20.0 Å². The van der Waals surface area contributed by atoms with Crippen molar-refractivity contribution in [3.63, 3.8) is 0 Å². The smallest absolute Gasteiger partial charge is 0.128 e. The van der Waals surface area contributed by atoms with Crippen molar-refractivity contribution in [2.75, 3.05) is 14.2 Å². The van der Waals surface area contributed by atoms with Gasteiger partial charge in [0, 0.05) is 36.5 Å². The van der Waals surface area contributed by atoms with Gasteiger partial charge in [0.05, 0.1) is 18.8 Å². The Bertz CT molecular complexity index is 467. The van der Waals surface area contributed by atoms with Crippen LogP contribution in [0.1, 0.15) is 36.1 Å². The molecule has 1 saturated carbocycles. The summed E-state index contributed by atoms with van der Waals surface area (Å²) in [6, 6.07) is 0.0693. The zero-order chi connectivity index (χ0) is 14.8. The van der Waals surface area contributed by atoms with E-state index < -0.39 is 0 Å². The molecule has 1 atom stereocenters. The SMILES string of the molecule is COc1c(C)cnc(CC(NN)C2(OC)CCC2)c1C. The van der Waals surface area contributed by atoms with Crippen LogP contribution >= 0.6 is 0 Å². The second-order valence-electron chi connectivity index (χ2n) is 5.59. The van der Waals surface area contributed by atoms with Gasteiger partial charge in [0.25, 0.3) is 0 Å².